The highest BCUT2D eigenvalue weighted by molar-refractivity contribution is 5.93. The molecule has 122 valence electrons. The number of furan rings is 1. The summed E-state index contributed by atoms with van der Waals surface area (Å²) in [5, 5.41) is 9.12. The van der Waals surface area contributed by atoms with Gasteiger partial charge in [-0.1, -0.05) is 5.16 Å². The second kappa shape index (κ2) is 6.55. The number of urea groups is 1. The van der Waals surface area contributed by atoms with Gasteiger partial charge >= 0.3 is 6.03 Å². The van der Waals surface area contributed by atoms with Gasteiger partial charge in [0.1, 0.15) is 11.8 Å². The maximum absolute atomic E-state index is 12.3. The van der Waals surface area contributed by atoms with Crippen LogP contribution >= 0.6 is 0 Å². The highest BCUT2D eigenvalue weighted by Gasteiger charge is 2.34. The lowest BCUT2D eigenvalue weighted by Crippen LogP contribution is -2.47. The van der Waals surface area contributed by atoms with Gasteiger partial charge in [-0.05, 0) is 31.9 Å². The predicted molar refractivity (Wildman–Crippen MR) is 80.5 cm³/mol. The summed E-state index contributed by atoms with van der Waals surface area (Å²) in [6.07, 6.45) is 2.96. The molecule has 2 aromatic rings. The quantitative estimate of drug-likeness (QED) is 0.896. The van der Waals surface area contributed by atoms with Crippen LogP contribution in [0.4, 0.5) is 10.7 Å². The number of anilines is 1. The molecule has 23 heavy (non-hydrogen) atoms. The molecule has 0 spiro atoms. The molecule has 1 aliphatic rings. The number of nitrogens with zero attached hydrogens (tertiary/aromatic N) is 2. The summed E-state index contributed by atoms with van der Waals surface area (Å²) in [6, 6.07) is 4.31. The minimum atomic E-state index is -0.492. The SMILES string of the molecule is Cc1cc(NC(=O)N2CCCC2C(=O)NCc2ccco2)on1. The summed E-state index contributed by atoms with van der Waals surface area (Å²) in [6.45, 7) is 2.59. The molecule has 0 saturated carbocycles. The minimum absolute atomic E-state index is 0.192. The lowest BCUT2D eigenvalue weighted by Gasteiger charge is -2.23. The van der Waals surface area contributed by atoms with E-state index in [1.54, 1.807) is 31.4 Å². The van der Waals surface area contributed by atoms with Gasteiger partial charge in [0.15, 0.2) is 0 Å². The number of nitrogens with one attached hydrogen (secondary N) is 2. The molecule has 3 rings (SSSR count). The van der Waals surface area contributed by atoms with Gasteiger partial charge in [-0.2, -0.15) is 0 Å². The van der Waals surface area contributed by atoms with Gasteiger partial charge in [-0.15, -0.1) is 0 Å². The number of aryl methyl sites for hydroxylation is 1. The molecule has 0 radical (unpaired) electrons. The molecular weight excluding hydrogens is 300 g/mol. The molecule has 1 saturated heterocycles. The average molecular weight is 318 g/mol. The van der Waals surface area contributed by atoms with Crippen molar-refractivity contribution in [2.45, 2.75) is 32.4 Å². The van der Waals surface area contributed by atoms with Crippen LogP contribution in [0.3, 0.4) is 0 Å². The number of carbonyl (C=O) groups is 2. The Morgan fingerprint density at radius 3 is 3.04 bits per heavy atom. The average Bonchev–Trinajstić information content (AvgIpc) is 3.26. The Balaban J connectivity index is 1.58. The molecule has 1 fully saturated rings. The van der Waals surface area contributed by atoms with E-state index in [9.17, 15) is 9.59 Å². The van der Waals surface area contributed by atoms with Crippen LogP contribution in [0.2, 0.25) is 0 Å². The van der Waals surface area contributed by atoms with Crippen LogP contribution < -0.4 is 10.6 Å². The van der Waals surface area contributed by atoms with Crippen molar-refractivity contribution in [3.05, 3.63) is 35.9 Å². The first-order chi connectivity index (χ1) is 11.1. The molecule has 1 unspecified atom stereocenters. The van der Waals surface area contributed by atoms with Gasteiger partial charge in [0.05, 0.1) is 18.5 Å². The Morgan fingerprint density at radius 2 is 2.35 bits per heavy atom. The second-order valence-electron chi connectivity index (χ2n) is 5.41. The second-order valence-corrected chi connectivity index (χ2v) is 5.41. The van der Waals surface area contributed by atoms with E-state index in [4.69, 9.17) is 8.94 Å². The third kappa shape index (κ3) is 3.53. The van der Waals surface area contributed by atoms with Crippen molar-refractivity contribution in [2.75, 3.05) is 11.9 Å². The van der Waals surface area contributed by atoms with Crippen LogP contribution in [0.1, 0.15) is 24.3 Å². The summed E-state index contributed by atoms with van der Waals surface area (Å²) in [7, 11) is 0. The summed E-state index contributed by atoms with van der Waals surface area (Å²) < 4.78 is 10.1. The number of hydrogen-bond acceptors (Lipinski definition) is 5. The monoisotopic (exact) mass is 318 g/mol. The Labute approximate surface area is 132 Å². The number of hydrogen-bond donors (Lipinski definition) is 2. The van der Waals surface area contributed by atoms with E-state index in [0.29, 0.717) is 31.0 Å². The fraction of sp³-hybridized carbons (Fsp3) is 0.400. The number of rotatable bonds is 4. The topological polar surface area (TPSA) is 101 Å². The van der Waals surface area contributed by atoms with Crippen LogP contribution in [0.5, 0.6) is 0 Å². The fourth-order valence-corrected chi connectivity index (χ4v) is 2.59. The Bertz CT molecular complexity index is 679. The molecule has 8 nitrogen and oxygen atoms in total. The van der Waals surface area contributed by atoms with Crippen molar-refractivity contribution in [2.24, 2.45) is 0 Å². The predicted octanol–water partition coefficient (Wildman–Crippen LogP) is 1.89. The van der Waals surface area contributed by atoms with Gasteiger partial charge < -0.3 is 19.2 Å². The standard InChI is InChI=1S/C15H18N4O4/c1-10-8-13(23-18-10)17-15(21)19-6-2-5-12(19)14(20)16-9-11-4-3-7-22-11/h3-4,7-8,12H,2,5-6,9H2,1H3,(H,16,20)(H,17,21). The van der Waals surface area contributed by atoms with Crippen LogP contribution in [0, 0.1) is 6.92 Å². The zero-order valence-corrected chi connectivity index (χ0v) is 12.7. The van der Waals surface area contributed by atoms with E-state index in [2.05, 4.69) is 15.8 Å². The third-order valence-corrected chi connectivity index (χ3v) is 3.69. The Hall–Kier alpha value is -2.77. The van der Waals surface area contributed by atoms with Crippen molar-refractivity contribution in [3.8, 4) is 0 Å². The van der Waals surface area contributed by atoms with Crippen molar-refractivity contribution in [1.82, 2.24) is 15.4 Å². The molecule has 2 aromatic heterocycles. The van der Waals surface area contributed by atoms with Crippen LogP contribution in [-0.4, -0.2) is 34.6 Å². The number of likely N-dealkylation sites (tertiary alicyclic amines) is 1. The zero-order valence-electron chi connectivity index (χ0n) is 12.7. The first-order valence-electron chi connectivity index (χ1n) is 7.44. The van der Waals surface area contributed by atoms with Crippen molar-refractivity contribution in [3.63, 3.8) is 0 Å². The number of amides is 3. The molecule has 0 aliphatic carbocycles. The first kappa shape index (κ1) is 15.1. The minimum Gasteiger partial charge on any atom is -0.467 e. The number of aromatic nitrogens is 1. The molecule has 8 heteroatoms. The zero-order chi connectivity index (χ0) is 16.2. The van der Waals surface area contributed by atoms with Crippen LogP contribution in [0.15, 0.2) is 33.4 Å². The molecule has 1 atom stereocenters. The highest BCUT2D eigenvalue weighted by Crippen LogP contribution is 2.19. The molecule has 0 bridgehead atoms. The molecule has 2 N–H and O–H groups in total. The van der Waals surface area contributed by atoms with Gasteiger partial charge in [0.2, 0.25) is 11.8 Å². The van der Waals surface area contributed by atoms with Crippen LogP contribution in [0.25, 0.3) is 0 Å². The van der Waals surface area contributed by atoms with E-state index < -0.39 is 6.04 Å². The third-order valence-electron chi connectivity index (χ3n) is 3.69. The Morgan fingerprint density at radius 1 is 1.48 bits per heavy atom. The van der Waals surface area contributed by atoms with Crippen molar-refractivity contribution in [1.29, 1.82) is 0 Å². The van der Waals surface area contributed by atoms with E-state index in [0.717, 1.165) is 6.42 Å². The van der Waals surface area contributed by atoms with Crippen molar-refractivity contribution >= 4 is 17.8 Å². The van der Waals surface area contributed by atoms with E-state index in [-0.39, 0.29) is 17.8 Å². The van der Waals surface area contributed by atoms with Gasteiger partial charge in [0.25, 0.3) is 0 Å². The summed E-state index contributed by atoms with van der Waals surface area (Å²) in [5.74, 6) is 0.751. The van der Waals surface area contributed by atoms with Gasteiger partial charge in [0, 0.05) is 12.6 Å². The van der Waals surface area contributed by atoms with Crippen LogP contribution in [-0.2, 0) is 11.3 Å². The smallest absolute Gasteiger partial charge is 0.324 e. The molecule has 3 amide bonds. The van der Waals surface area contributed by atoms with E-state index >= 15 is 0 Å². The van der Waals surface area contributed by atoms with E-state index in [1.165, 1.54) is 4.90 Å². The fourth-order valence-electron chi connectivity index (χ4n) is 2.59. The molecule has 3 heterocycles. The summed E-state index contributed by atoms with van der Waals surface area (Å²) >= 11 is 0. The summed E-state index contributed by atoms with van der Waals surface area (Å²) in [5.41, 5.74) is 0.675. The van der Waals surface area contributed by atoms with E-state index in [1.807, 2.05) is 0 Å². The molecular formula is C15H18N4O4. The van der Waals surface area contributed by atoms with Gasteiger partial charge in [-0.3, -0.25) is 10.1 Å². The van der Waals surface area contributed by atoms with Gasteiger partial charge in [-0.25, -0.2) is 4.79 Å². The normalized spacial score (nSPS) is 17.3. The molecule has 0 aromatic carbocycles. The highest BCUT2D eigenvalue weighted by atomic mass is 16.5. The maximum Gasteiger partial charge on any atom is 0.324 e. The van der Waals surface area contributed by atoms with Crippen molar-refractivity contribution < 1.29 is 18.5 Å². The number of carbonyl (C=O) groups excluding carboxylic acids is 2. The lowest BCUT2D eigenvalue weighted by atomic mass is 10.2. The maximum atomic E-state index is 12.3. The first-order valence-corrected chi connectivity index (χ1v) is 7.44. The largest absolute Gasteiger partial charge is 0.467 e. The molecule has 1 aliphatic heterocycles. The lowest BCUT2D eigenvalue weighted by molar-refractivity contribution is -0.124. The Kier molecular flexibility index (Phi) is 4.31. The summed E-state index contributed by atoms with van der Waals surface area (Å²) in [4.78, 5) is 26.1.